The molecule has 0 saturated carbocycles. The number of halogens is 1. The first-order valence-corrected chi connectivity index (χ1v) is 6.13. The Balaban J connectivity index is 1.88. The lowest BCUT2D eigenvalue weighted by atomic mass is 10.2. The van der Waals surface area contributed by atoms with Gasteiger partial charge in [-0.05, 0) is 37.2 Å². The lowest BCUT2D eigenvalue weighted by Gasteiger charge is -2.11. The Morgan fingerprint density at radius 3 is 3.06 bits per heavy atom. The number of hydrogen-bond donors (Lipinski definition) is 1. The summed E-state index contributed by atoms with van der Waals surface area (Å²) in [7, 11) is 0. The van der Waals surface area contributed by atoms with E-state index < -0.39 is 0 Å². The van der Waals surface area contributed by atoms with E-state index >= 15 is 0 Å². The topological polar surface area (TPSA) is 34.1 Å². The fourth-order valence-corrected chi connectivity index (χ4v) is 2.22. The standard InChI is InChI=1S/C13H13ClN2O/c14-10-2-3-12-9(7-10)1-4-13(16-12)17-11-5-6-15-8-11/h1-4,7,11,15H,5-6,8H2. The minimum Gasteiger partial charge on any atom is -0.473 e. The Hall–Kier alpha value is -1.32. The average Bonchev–Trinajstić information content (AvgIpc) is 2.82. The Morgan fingerprint density at radius 2 is 2.24 bits per heavy atom. The number of fused-ring (bicyclic) bond motifs is 1. The number of nitrogens with one attached hydrogen (secondary N) is 1. The van der Waals surface area contributed by atoms with Gasteiger partial charge in [-0.15, -0.1) is 0 Å². The van der Waals surface area contributed by atoms with Crippen LogP contribution in [0.3, 0.4) is 0 Å². The molecule has 3 nitrogen and oxygen atoms in total. The third-order valence-electron chi connectivity index (χ3n) is 2.93. The number of benzene rings is 1. The zero-order valence-electron chi connectivity index (χ0n) is 9.32. The number of ether oxygens (including phenoxy) is 1. The molecule has 17 heavy (non-hydrogen) atoms. The summed E-state index contributed by atoms with van der Waals surface area (Å²) >= 11 is 5.93. The molecule has 1 N–H and O–H groups in total. The van der Waals surface area contributed by atoms with Crippen LogP contribution < -0.4 is 10.1 Å². The van der Waals surface area contributed by atoms with Crippen LogP contribution in [0.5, 0.6) is 5.88 Å². The maximum absolute atomic E-state index is 5.93. The summed E-state index contributed by atoms with van der Waals surface area (Å²) in [4.78, 5) is 4.47. The minimum atomic E-state index is 0.243. The zero-order chi connectivity index (χ0) is 11.7. The van der Waals surface area contributed by atoms with Crippen molar-refractivity contribution in [2.75, 3.05) is 13.1 Å². The van der Waals surface area contributed by atoms with Gasteiger partial charge < -0.3 is 10.1 Å². The van der Waals surface area contributed by atoms with Crippen LogP contribution in [0.4, 0.5) is 0 Å². The minimum absolute atomic E-state index is 0.243. The number of hydrogen-bond acceptors (Lipinski definition) is 3. The van der Waals surface area contributed by atoms with Gasteiger partial charge in [0, 0.05) is 23.0 Å². The quantitative estimate of drug-likeness (QED) is 0.887. The summed E-state index contributed by atoms with van der Waals surface area (Å²) in [5, 5.41) is 5.03. The van der Waals surface area contributed by atoms with E-state index in [0.717, 1.165) is 35.4 Å². The molecule has 0 radical (unpaired) electrons. The first kappa shape index (κ1) is 10.8. The number of nitrogens with zero attached hydrogens (tertiary/aromatic N) is 1. The third-order valence-corrected chi connectivity index (χ3v) is 3.16. The van der Waals surface area contributed by atoms with Crippen LogP contribution >= 0.6 is 11.6 Å². The third kappa shape index (κ3) is 2.35. The highest BCUT2D eigenvalue weighted by atomic mass is 35.5. The van der Waals surface area contributed by atoms with Gasteiger partial charge in [-0.2, -0.15) is 0 Å². The van der Waals surface area contributed by atoms with Crippen LogP contribution in [0.1, 0.15) is 6.42 Å². The summed E-state index contributed by atoms with van der Waals surface area (Å²) in [6, 6.07) is 9.56. The molecule has 0 aliphatic carbocycles. The van der Waals surface area contributed by atoms with E-state index in [9.17, 15) is 0 Å². The van der Waals surface area contributed by atoms with E-state index in [-0.39, 0.29) is 6.10 Å². The first-order chi connectivity index (χ1) is 8.31. The molecule has 1 fully saturated rings. The van der Waals surface area contributed by atoms with Crippen molar-refractivity contribution in [1.29, 1.82) is 0 Å². The van der Waals surface area contributed by atoms with Crippen molar-refractivity contribution < 1.29 is 4.74 Å². The molecule has 1 unspecified atom stereocenters. The fourth-order valence-electron chi connectivity index (χ4n) is 2.04. The van der Waals surface area contributed by atoms with Crippen molar-refractivity contribution >= 4 is 22.5 Å². The highest BCUT2D eigenvalue weighted by Gasteiger charge is 2.16. The molecule has 1 atom stereocenters. The molecule has 1 aromatic carbocycles. The SMILES string of the molecule is Clc1ccc2nc(OC3CCNC3)ccc2c1. The van der Waals surface area contributed by atoms with Gasteiger partial charge in [-0.1, -0.05) is 11.6 Å². The summed E-state index contributed by atoms with van der Waals surface area (Å²) in [6.07, 6.45) is 1.28. The fraction of sp³-hybridized carbons (Fsp3) is 0.308. The van der Waals surface area contributed by atoms with E-state index in [4.69, 9.17) is 16.3 Å². The molecule has 0 spiro atoms. The number of aromatic nitrogens is 1. The monoisotopic (exact) mass is 248 g/mol. The largest absolute Gasteiger partial charge is 0.473 e. The lowest BCUT2D eigenvalue weighted by Crippen LogP contribution is -2.19. The molecule has 0 bridgehead atoms. The van der Waals surface area contributed by atoms with Crippen LogP contribution in [-0.4, -0.2) is 24.2 Å². The van der Waals surface area contributed by atoms with Gasteiger partial charge in [-0.25, -0.2) is 4.98 Å². The van der Waals surface area contributed by atoms with Gasteiger partial charge in [0.2, 0.25) is 5.88 Å². The second kappa shape index (κ2) is 4.51. The summed E-state index contributed by atoms with van der Waals surface area (Å²) in [5.41, 5.74) is 0.915. The zero-order valence-corrected chi connectivity index (χ0v) is 10.1. The van der Waals surface area contributed by atoms with Gasteiger partial charge in [0.25, 0.3) is 0 Å². The Labute approximate surface area is 105 Å². The molecule has 2 aromatic rings. The highest BCUT2D eigenvalue weighted by molar-refractivity contribution is 6.31. The Kier molecular flexibility index (Phi) is 2.87. The van der Waals surface area contributed by atoms with E-state index in [2.05, 4.69) is 10.3 Å². The molecule has 1 aromatic heterocycles. The molecular formula is C13H13ClN2O. The van der Waals surface area contributed by atoms with Crippen LogP contribution in [0.25, 0.3) is 10.9 Å². The van der Waals surface area contributed by atoms with Crippen LogP contribution in [0.15, 0.2) is 30.3 Å². The van der Waals surface area contributed by atoms with Gasteiger partial charge >= 0.3 is 0 Å². The second-order valence-electron chi connectivity index (χ2n) is 4.22. The molecule has 88 valence electrons. The summed E-state index contributed by atoms with van der Waals surface area (Å²) in [5.74, 6) is 0.688. The Bertz CT molecular complexity index is 538. The van der Waals surface area contributed by atoms with E-state index in [0.29, 0.717) is 5.88 Å². The molecule has 0 amide bonds. The molecule has 1 aliphatic heterocycles. The van der Waals surface area contributed by atoms with E-state index in [1.54, 1.807) is 0 Å². The highest BCUT2D eigenvalue weighted by Crippen LogP contribution is 2.21. The van der Waals surface area contributed by atoms with Gasteiger partial charge in [-0.3, -0.25) is 0 Å². The van der Waals surface area contributed by atoms with Crippen molar-refractivity contribution in [3.63, 3.8) is 0 Å². The smallest absolute Gasteiger partial charge is 0.214 e. The summed E-state index contributed by atoms with van der Waals surface area (Å²) < 4.78 is 5.81. The van der Waals surface area contributed by atoms with Gasteiger partial charge in [0.1, 0.15) is 6.10 Å². The van der Waals surface area contributed by atoms with Crippen molar-refractivity contribution in [3.05, 3.63) is 35.4 Å². The predicted octanol–water partition coefficient (Wildman–Crippen LogP) is 2.63. The maximum atomic E-state index is 5.93. The van der Waals surface area contributed by atoms with Crippen molar-refractivity contribution in [3.8, 4) is 5.88 Å². The van der Waals surface area contributed by atoms with Crippen molar-refractivity contribution in [2.24, 2.45) is 0 Å². The molecule has 1 saturated heterocycles. The van der Waals surface area contributed by atoms with Crippen molar-refractivity contribution in [2.45, 2.75) is 12.5 Å². The normalized spacial score (nSPS) is 19.7. The number of rotatable bonds is 2. The Morgan fingerprint density at radius 1 is 1.29 bits per heavy atom. The van der Waals surface area contributed by atoms with Crippen LogP contribution in [-0.2, 0) is 0 Å². The van der Waals surface area contributed by atoms with Gasteiger partial charge in [0.05, 0.1) is 5.52 Å². The summed E-state index contributed by atoms with van der Waals surface area (Å²) in [6.45, 7) is 1.92. The average molecular weight is 249 g/mol. The predicted molar refractivity (Wildman–Crippen MR) is 68.7 cm³/mol. The number of pyridine rings is 1. The van der Waals surface area contributed by atoms with Crippen LogP contribution in [0, 0.1) is 0 Å². The van der Waals surface area contributed by atoms with Crippen LogP contribution in [0.2, 0.25) is 5.02 Å². The lowest BCUT2D eigenvalue weighted by molar-refractivity contribution is 0.215. The molecule has 1 aliphatic rings. The van der Waals surface area contributed by atoms with E-state index in [1.165, 1.54) is 0 Å². The van der Waals surface area contributed by atoms with Gasteiger partial charge in [0.15, 0.2) is 0 Å². The second-order valence-corrected chi connectivity index (χ2v) is 4.66. The van der Waals surface area contributed by atoms with Crippen molar-refractivity contribution in [1.82, 2.24) is 10.3 Å². The molecule has 2 heterocycles. The van der Waals surface area contributed by atoms with E-state index in [1.807, 2.05) is 30.3 Å². The first-order valence-electron chi connectivity index (χ1n) is 5.75. The molecule has 4 heteroatoms. The molecule has 3 rings (SSSR count). The maximum Gasteiger partial charge on any atom is 0.214 e. The molecular weight excluding hydrogens is 236 g/mol.